The van der Waals surface area contributed by atoms with Crippen molar-refractivity contribution in [1.29, 1.82) is 0 Å². The second-order valence-corrected chi connectivity index (χ2v) is 6.83. The number of nitrogens with zero attached hydrogens (tertiary/aromatic N) is 3. The van der Waals surface area contributed by atoms with Gasteiger partial charge in [0.15, 0.2) is 0 Å². The molecule has 0 amide bonds. The Morgan fingerprint density at radius 3 is 2.52 bits per heavy atom. The highest BCUT2D eigenvalue weighted by Crippen LogP contribution is 2.16. The smallest absolute Gasteiger partial charge is 0.243 e. The van der Waals surface area contributed by atoms with Crippen LogP contribution in [0.4, 0.5) is 14.7 Å². The van der Waals surface area contributed by atoms with Crippen LogP contribution < -0.4 is 9.62 Å². The molecule has 9 heteroatoms. The molecule has 1 aromatic heterocycles. The van der Waals surface area contributed by atoms with Gasteiger partial charge in [0.25, 0.3) is 0 Å². The molecule has 2 rings (SSSR count). The minimum atomic E-state index is -4.20. The zero-order valence-electron chi connectivity index (χ0n) is 12.8. The van der Waals surface area contributed by atoms with Crippen molar-refractivity contribution in [3.8, 4) is 0 Å². The molecule has 0 saturated carbocycles. The Balaban J connectivity index is 2.24. The summed E-state index contributed by atoms with van der Waals surface area (Å²) in [6, 6.07) is 3.86. The zero-order valence-corrected chi connectivity index (χ0v) is 13.7. The molecule has 0 saturated heterocycles. The quantitative estimate of drug-likeness (QED) is 0.893. The van der Waals surface area contributed by atoms with Crippen molar-refractivity contribution in [2.24, 2.45) is 0 Å². The Kier molecular flexibility index (Phi) is 4.90. The average Bonchev–Trinajstić information content (AvgIpc) is 2.47. The molecule has 0 fully saturated rings. The summed E-state index contributed by atoms with van der Waals surface area (Å²) >= 11 is 0. The number of aromatic nitrogens is 2. The molecule has 124 valence electrons. The first kappa shape index (κ1) is 17.2. The Morgan fingerprint density at radius 1 is 1.17 bits per heavy atom. The van der Waals surface area contributed by atoms with E-state index in [-0.39, 0.29) is 6.54 Å². The van der Waals surface area contributed by atoms with Crippen molar-refractivity contribution in [3.63, 3.8) is 0 Å². The largest absolute Gasteiger partial charge is 0.347 e. The van der Waals surface area contributed by atoms with E-state index < -0.39 is 26.6 Å². The number of benzene rings is 1. The molecule has 0 radical (unpaired) electrons. The lowest BCUT2D eigenvalue weighted by Gasteiger charge is -2.13. The third-order valence-corrected chi connectivity index (χ3v) is 4.34. The van der Waals surface area contributed by atoms with Gasteiger partial charge < -0.3 is 4.90 Å². The fraction of sp³-hybridized carbons (Fsp3) is 0.286. The predicted octanol–water partition coefficient (Wildman–Crippen LogP) is 1.61. The van der Waals surface area contributed by atoms with Gasteiger partial charge >= 0.3 is 0 Å². The van der Waals surface area contributed by atoms with Crippen LogP contribution in [-0.4, -0.2) is 32.5 Å². The van der Waals surface area contributed by atoms with Gasteiger partial charge in [-0.3, -0.25) is 0 Å². The standard InChI is InChI=1S/C14H16F2N4O2S/c1-9-6-11(19-14(18-9)20(2)3)8-17-23(21,22)13-7-10(15)4-5-12(13)16/h4-7,17H,8H2,1-3H3. The molecule has 1 N–H and O–H groups in total. The molecule has 2 aromatic rings. The van der Waals surface area contributed by atoms with Gasteiger partial charge in [-0.2, -0.15) is 0 Å². The second kappa shape index (κ2) is 6.55. The number of aryl methyl sites for hydroxylation is 1. The Labute approximate surface area is 133 Å². The SMILES string of the molecule is Cc1cc(CNS(=O)(=O)c2cc(F)ccc2F)nc(N(C)C)n1. The molecule has 23 heavy (non-hydrogen) atoms. The number of hydrogen-bond acceptors (Lipinski definition) is 5. The summed E-state index contributed by atoms with van der Waals surface area (Å²) in [6.07, 6.45) is 0. The average molecular weight is 342 g/mol. The monoisotopic (exact) mass is 342 g/mol. The second-order valence-electron chi connectivity index (χ2n) is 5.09. The highest BCUT2D eigenvalue weighted by molar-refractivity contribution is 7.89. The molecule has 0 bridgehead atoms. The molecule has 6 nitrogen and oxygen atoms in total. The van der Waals surface area contributed by atoms with Gasteiger partial charge in [-0.05, 0) is 31.2 Å². The predicted molar refractivity (Wildman–Crippen MR) is 81.5 cm³/mol. The third kappa shape index (κ3) is 4.20. The van der Waals surface area contributed by atoms with Crippen LogP contribution in [0.15, 0.2) is 29.2 Å². The number of rotatable bonds is 5. The number of anilines is 1. The van der Waals surface area contributed by atoms with Crippen molar-refractivity contribution >= 4 is 16.0 Å². The van der Waals surface area contributed by atoms with E-state index in [2.05, 4.69) is 14.7 Å². The first-order valence-electron chi connectivity index (χ1n) is 6.65. The lowest BCUT2D eigenvalue weighted by molar-refractivity contribution is 0.545. The summed E-state index contributed by atoms with van der Waals surface area (Å²) in [5.74, 6) is -1.43. The van der Waals surface area contributed by atoms with Crippen molar-refractivity contribution < 1.29 is 17.2 Å². The number of sulfonamides is 1. The van der Waals surface area contributed by atoms with Gasteiger partial charge in [0.05, 0.1) is 12.2 Å². The van der Waals surface area contributed by atoms with E-state index in [1.54, 1.807) is 32.0 Å². The van der Waals surface area contributed by atoms with Gasteiger partial charge in [0.2, 0.25) is 16.0 Å². The minimum absolute atomic E-state index is 0.164. The summed E-state index contributed by atoms with van der Waals surface area (Å²) in [4.78, 5) is 9.32. The van der Waals surface area contributed by atoms with Crippen molar-refractivity contribution in [2.75, 3.05) is 19.0 Å². The highest BCUT2D eigenvalue weighted by Gasteiger charge is 2.20. The topological polar surface area (TPSA) is 75.2 Å². The summed E-state index contributed by atoms with van der Waals surface area (Å²) in [6.45, 7) is 1.58. The molecular formula is C14H16F2N4O2S. The van der Waals surface area contributed by atoms with E-state index in [9.17, 15) is 17.2 Å². The summed E-state index contributed by atoms with van der Waals surface area (Å²) < 4.78 is 53.2. The van der Waals surface area contributed by atoms with Crippen LogP contribution in [0.25, 0.3) is 0 Å². The van der Waals surface area contributed by atoms with E-state index in [1.165, 1.54) is 0 Å². The van der Waals surface area contributed by atoms with Crippen molar-refractivity contribution in [1.82, 2.24) is 14.7 Å². The highest BCUT2D eigenvalue weighted by atomic mass is 32.2. The van der Waals surface area contributed by atoms with Crippen LogP contribution in [0.3, 0.4) is 0 Å². The van der Waals surface area contributed by atoms with Crippen LogP contribution in [0.1, 0.15) is 11.4 Å². The Bertz CT molecular complexity index is 826. The minimum Gasteiger partial charge on any atom is -0.347 e. The van der Waals surface area contributed by atoms with Crippen LogP contribution in [0.2, 0.25) is 0 Å². The van der Waals surface area contributed by atoms with E-state index >= 15 is 0 Å². The Morgan fingerprint density at radius 2 is 1.87 bits per heavy atom. The summed E-state index contributed by atoms with van der Waals surface area (Å²) in [5.41, 5.74) is 1.08. The maximum Gasteiger partial charge on any atom is 0.243 e. The van der Waals surface area contributed by atoms with E-state index in [4.69, 9.17) is 0 Å². The fourth-order valence-electron chi connectivity index (χ4n) is 1.84. The lowest BCUT2D eigenvalue weighted by atomic mass is 10.3. The molecule has 0 aliphatic carbocycles. The Hall–Kier alpha value is -2.13. The van der Waals surface area contributed by atoms with Crippen LogP contribution in [0, 0.1) is 18.6 Å². The van der Waals surface area contributed by atoms with Gasteiger partial charge in [-0.15, -0.1) is 0 Å². The van der Waals surface area contributed by atoms with Crippen LogP contribution in [-0.2, 0) is 16.6 Å². The summed E-state index contributed by atoms with van der Waals surface area (Å²) in [5, 5.41) is 0. The molecule has 0 aliphatic rings. The molecule has 0 atom stereocenters. The molecule has 0 aliphatic heterocycles. The number of halogens is 2. The van der Waals surface area contributed by atoms with Crippen LogP contribution in [0.5, 0.6) is 0 Å². The van der Waals surface area contributed by atoms with Crippen molar-refractivity contribution in [2.45, 2.75) is 18.4 Å². The maximum atomic E-state index is 13.6. The zero-order chi connectivity index (χ0) is 17.2. The van der Waals surface area contributed by atoms with E-state index in [0.717, 1.165) is 12.1 Å². The number of hydrogen-bond donors (Lipinski definition) is 1. The normalized spacial score (nSPS) is 11.5. The first-order valence-corrected chi connectivity index (χ1v) is 8.14. The number of nitrogens with one attached hydrogen (secondary N) is 1. The maximum absolute atomic E-state index is 13.6. The lowest BCUT2D eigenvalue weighted by Crippen LogP contribution is -2.25. The van der Waals surface area contributed by atoms with Crippen molar-refractivity contribution in [3.05, 3.63) is 47.3 Å². The van der Waals surface area contributed by atoms with Gasteiger partial charge in [-0.1, -0.05) is 0 Å². The van der Waals surface area contributed by atoms with Gasteiger partial charge in [-0.25, -0.2) is 31.9 Å². The fourth-order valence-corrected chi connectivity index (χ4v) is 2.92. The van der Waals surface area contributed by atoms with E-state index in [0.29, 0.717) is 23.4 Å². The molecule has 1 heterocycles. The van der Waals surface area contributed by atoms with Crippen LogP contribution >= 0.6 is 0 Å². The summed E-state index contributed by atoms with van der Waals surface area (Å²) in [7, 11) is -0.687. The first-order chi connectivity index (χ1) is 10.7. The third-order valence-electron chi connectivity index (χ3n) is 2.92. The van der Waals surface area contributed by atoms with E-state index in [1.807, 2.05) is 0 Å². The van der Waals surface area contributed by atoms with Gasteiger partial charge in [0.1, 0.15) is 16.5 Å². The molecule has 0 unspecified atom stereocenters. The molecule has 0 spiro atoms. The molecular weight excluding hydrogens is 326 g/mol. The van der Waals surface area contributed by atoms with Gasteiger partial charge in [0, 0.05) is 19.8 Å². The molecule has 1 aromatic carbocycles.